The number of aryl methyl sites for hydroxylation is 1. The highest BCUT2D eigenvalue weighted by molar-refractivity contribution is 9.10. The van der Waals surface area contributed by atoms with Gasteiger partial charge in [-0.15, -0.1) is 0 Å². The molecule has 0 radical (unpaired) electrons. The molecule has 90 valence electrons. The Bertz CT molecular complexity index is 549. The fourth-order valence-electron chi connectivity index (χ4n) is 1.89. The summed E-state index contributed by atoms with van der Waals surface area (Å²) in [5, 5.41) is 9.31. The summed E-state index contributed by atoms with van der Waals surface area (Å²) in [7, 11) is 0. The average Bonchev–Trinajstić information content (AvgIpc) is 2.39. The molecule has 0 aliphatic carbocycles. The summed E-state index contributed by atoms with van der Waals surface area (Å²) in [6.45, 7) is 2.06. The molecule has 0 N–H and O–H groups in total. The van der Waals surface area contributed by atoms with Crippen molar-refractivity contribution in [2.45, 2.75) is 19.3 Å². The van der Waals surface area contributed by atoms with Crippen molar-refractivity contribution < 1.29 is 0 Å². The van der Waals surface area contributed by atoms with Gasteiger partial charge in [0.05, 0.1) is 12.0 Å². The van der Waals surface area contributed by atoms with Gasteiger partial charge in [0.2, 0.25) is 0 Å². The molecule has 0 aliphatic rings. The van der Waals surface area contributed by atoms with E-state index in [1.807, 2.05) is 24.3 Å². The van der Waals surface area contributed by atoms with Crippen LogP contribution in [0, 0.1) is 18.3 Å². The molecule has 0 spiro atoms. The van der Waals surface area contributed by atoms with E-state index in [0.29, 0.717) is 0 Å². The Kier molecular flexibility index (Phi) is 4.17. The molecular formula is C16H14BrN. The summed E-state index contributed by atoms with van der Waals surface area (Å²) in [5.41, 5.74) is 3.50. The summed E-state index contributed by atoms with van der Waals surface area (Å²) < 4.78 is 1.06. The number of hydrogen-bond acceptors (Lipinski definition) is 1. The van der Waals surface area contributed by atoms with E-state index in [9.17, 15) is 5.26 Å². The number of rotatable bonds is 3. The van der Waals surface area contributed by atoms with Crippen LogP contribution in [0.4, 0.5) is 0 Å². The van der Waals surface area contributed by atoms with Gasteiger partial charge in [-0.25, -0.2) is 0 Å². The van der Waals surface area contributed by atoms with Gasteiger partial charge in [-0.1, -0.05) is 57.9 Å². The smallest absolute Gasteiger partial charge is 0.0753 e. The fraction of sp³-hybridized carbons (Fsp3) is 0.188. The van der Waals surface area contributed by atoms with Crippen LogP contribution in [0.15, 0.2) is 53.0 Å². The molecule has 18 heavy (non-hydrogen) atoms. The highest BCUT2D eigenvalue weighted by atomic mass is 79.9. The zero-order valence-electron chi connectivity index (χ0n) is 10.2. The first kappa shape index (κ1) is 12.9. The summed E-state index contributed by atoms with van der Waals surface area (Å²) in [5.74, 6) is -0.0771. The van der Waals surface area contributed by atoms with E-state index in [2.05, 4.69) is 53.2 Å². The maximum atomic E-state index is 9.31. The zero-order chi connectivity index (χ0) is 13.0. The zero-order valence-corrected chi connectivity index (χ0v) is 11.8. The first-order chi connectivity index (χ1) is 8.69. The van der Waals surface area contributed by atoms with Crippen LogP contribution >= 0.6 is 15.9 Å². The van der Waals surface area contributed by atoms with E-state index in [4.69, 9.17) is 0 Å². The highest BCUT2D eigenvalue weighted by Gasteiger charge is 2.11. The molecule has 2 aromatic rings. The van der Waals surface area contributed by atoms with Crippen LogP contribution < -0.4 is 0 Å². The molecule has 0 aliphatic heterocycles. The van der Waals surface area contributed by atoms with Crippen LogP contribution in [0.1, 0.15) is 22.6 Å². The van der Waals surface area contributed by atoms with Crippen molar-refractivity contribution in [1.82, 2.24) is 0 Å². The van der Waals surface area contributed by atoms with Crippen molar-refractivity contribution in [3.63, 3.8) is 0 Å². The monoisotopic (exact) mass is 299 g/mol. The Balaban J connectivity index is 2.17. The van der Waals surface area contributed by atoms with Gasteiger partial charge < -0.3 is 0 Å². The standard InChI is InChI=1S/C16H14BrN/c1-12-2-6-14(7-3-12)15(11-18)10-13-4-8-16(17)9-5-13/h2-9,15H,10H2,1H3. The van der Waals surface area contributed by atoms with Gasteiger partial charge in [0.15, 0.2) is 0 Å². The van der Waals surface area contributed by atoms with Crippen LogP contribution in [-0.2, 0) is 6.42 Å². The number of nitrogens with zero attached hydrogens (tertiary/aromatic N) is 1. The van der Waals surface area contributed by atoms with Gasteiger partial charge in [-0.2, -0.15) is 5.26 Å². The first-order valence-electron chi connectivity index (χ1n) is 5.89. The molecule has 0 bridgehead atoms. The average molecular weight is 300 g/mol. The maximum absolute atomic E-state index is 9.31. The molecule has 0 saturated heterocycles. The molecule has 0 amide bonds. The number of halogens is 1. The molecule has 1 unspecified atom stereocenters. The van der Waals surface area contributed by atoms with Gasteiger partial charge in [0, 0.05) is 4.47 Å². The minimum atomic E-state index is -0.0771. The molecule has 2 heteroatoms. The molecule has 2 aromatic carbocycles. The van der Waals surface area contributed by atoms with Gasteiger partial charge in [-0.3, -0.25) is 0 Å². The van der Waals surface area contributed by atoms with Crippen molar-refractivity contribution in [2.24, 2.45) is 0 Å². The predicted octanol–water partition coefficient (Wildman–Crippen LogP) is 4.61. The molecule has 0 aromatic heterocycles. The Morgan fingerprint density at radius 1 is 1.06 bits per heavy atom. The Hall–Kier alpha value is -1.59. The molecule has 2 rings (SSSR count). The van der Waals surface area contributed by atoms with Gasteiger partial charge >= 0.3 is 0 Å². The topological polar surface area (TPSA) is 23.8 Å². The van der Waals surface area contributed by atoms with Crippen LogP contribution in [0.2, 0.25) is 0 Å². The van der Waals surface area contributed by atoms with Crippen molar-refractivity contribution >= 4 is 15.9 Å². The number of nitriles is 1. The largest absolute Gasteiger partial charge is 0.198 e. The summed E-state index contributed by atoms with van der Waals surface area (Å²) in [6, 6.07) is 18.7. The Morgan fingerprint density at radius 2 is 1.67 bits per heavy atom. The highest BCUT2D eigenvalue weighted by Crippen LogP contribution is 2.21. The minimum Gasteiger partial charge on any atom is -0.198 e. The molecule has 1 nitrogen and oxygen atoms in total. The van der Waals surface area contributed by atoms with Crippen molar-refractivity contribution in [3.8, 4) is 6.07 Å². The third-order valence-corrected chi connectivity index (χ3v) is 3.52. The second-order valence-corrected chi connectivity index (χ2v) is 5.34. The second kappa shape index (κ2) is 5.84. The van der Waals surface area contributed by atoms with Crippen LogP contribution in [-0.4, -0.2) is 0 Å². The maximum Gasteiger partial charge on any atom is 0.0753 e. The summed E-state index contributed by atoms with van der Waals surface area (Å²) in [6.07, 6.45) is 0.757. The first-order valence-corrected chi connectivity index (χ1v) is 6.69. The molecular weight excluding hydrogens is 286 g/mol. The quantitative estimate of drug-likeness (QED) is 0.812. The number of hydrogen-bond donors (Lipinski definition) is 0. The SMILES string of the molecule is Cc1ccc(C(C#N)Cc2ccc(Br)cc2)cc1. The third-order valence-electron chi connectivity index (χ3n) is 2.99. The normalized spacial score (nSPS) is 11.8. The predicted molar refractivity (Wildman–Crippen MR) is 77.4 cm³/mol. The van der Waals surface area contributed by atoms with Crippen LogP contribution in [0.5, 0.6) is 0 Å². The van der Waals surface area contributed by atoms with Crippen LogP contribution in [0.3, 0.4) is 0 Å². The van der Waals surface area contributed by atoms with E-state index in [1.165, 1.54) is 11.1 Å². The lowest BCUT2D eigenvalue weighted by Gasteiger charge is -2.10. The van der Waals surface area contributed by atoms with Crippen molar-refractivity contribution in [2.75, 3.05) is 0 Å². The summed E-state index contributed by atoms with van der Waals surface area (Å²) in [4.78, 5) is 0. The van der Waals surface area contributed by atoms with E-state index >= 15 is 0 Å². The van der Waals surface area contributed by atoms with Gasteiger partial charge in [0.1, 0.15) is 0 Å². The lowest BCUT2D eigenvalue weighted by Crippen LogP contribution is -2.00. The van der Waals surface area contributed by atoms with Crippen LogP contribution in [0.25, 0.3) is 0 Å². The third kappa shape index (κ3) is 3.21. The fourth-order valence-corrected chi connectivity index (χ4v) is 2.16. The molecule has 0 fully saturated rings. The molecule has 0 saturated carbocycles. The number of benzene rings is 2. The van der Waals surface area contributed by atoms with E-state index in [-0.39, 0.29) is 5.92 Å². The van der Waals surface area contributed by atoms with Crippen molar-refractivity contribution in [1.29, 1.82) is 5.26 Å². The lowest BCUT2D eigenvalue weighted by molar-refractivity contribution is 0.848. The molecule has 0 heterocycles. The van der Waals surface area contributed by atoms with E-state index in [0.717, 1.165) is 16.5 Å². The summed E-state index contributed by atoms with van der Waals surface area (Å²) >= 11 is 3.42. The Morgan fingerprint density at radius 3 is 2.22 bits per heavy atom. The minimum absolute atomic E-state index is 0.0771. The Labute approximate surface area is 116 Å². The van der Waals surface area contributed by atoms with Gasteiger partial charge in [-0.05, 0) is 36.6 Å². The van der Waals surface area contributed by atoms with E-state index in [1.54, 1.807) is 0 Å². The van der Waals surface area contributed by atoms with Crippen molar-refractivity contribution in [3.05, 3.63) is 69.7 Å². The molecule has 1 atom stereocenters. The second-order valence-electron chi connectivity index (χ2n) is 4.42. The lowest BCUT2D eigenvalue weighted by atomic mass is 9.93. The van der Waals surface area contributed by atoms with E-state index < -0.39 is 0 Å². The van der Waals surface area contributed by atoms with Gasteiger partial charge in [0.25, 0.3) is 0 Å².